The number of nitrogens with one attached hydrogen (secondary N) is 1. The van der Waals surface area contributed by atoms with Crippen molar-refractivity contribution in [3.05, 3.63) is 27.3 Å². The molecule has 98 valence electrons. The SMILES string of the molecule is CCN(C(=O)c1ccc(I)c(O)c1)C1CCNC1. The van der Waals surface area contributed by atoms with E-state index in [2.05, 4.69) is 5.32 Å². The highest BCUT2D eigenvalue weighted by molar-refractivity contribution is 14.1. The number of phenolic OH excluding ortho intramolecular Hbond substituents is 1. The maximum Gasteiger partial charge on any atom is 0.254 e. The lowest BCUT2D eigenvalue weighted by Crippen LogP contribution is -2.41. The van der Waals surface area contributed by atoms with Gasteiger partial charge in [0, 0.05) is 24.7 Å². The Morgan fingerprint density at radius 2 is 2.39 bits per heavy atom. The third kappa shape index (κ3) is 2.77. The summed E-state index contributed by atoms with van der Waals surface area (Å²) >= 11 is 2.04. The molecule has 1 heterocycles. The van der Waals surface area contributed by atoms with Crippen LogP contribution in [-0.2, 0) is 0 Å². The standard InChI is InChI=1S/C13H17IN2O2/c1-2-16(10-5-6-15-8-10)13(18)9-3-4-11(14)12(17)7-9/h3-4,7,10,15,17H,2,5-6,8H2,1H3. The lowest BCUT2D eigenvalue weighted by atomic mass is 10.1. The van der Waals surface area contributed by atoms with Crippen LogP contribution in [0.5, 0.6) is 5.75 Å². The van der Waals surface area contributed by atoms with Crippen molar-refractivity contribution in [1.29, 1.82) is 0 Å². The normalized spacial score (nSPS) is 18.9. The van der Waals surface area contributed by atoms with Gasteiger partial charge in [-0.05, 0) is 60.7 Å². The predicted molar refractivity (Wildman–Crippen MR) is 78.8 cm³/mol. The smallest absolute Gasteiger partial charge is 0.254 e. The molecule has 1 aliphatic rings. The van der Waals surface area contributed by atoms with E-state index in [0.29, 0.717) is 12.1 Å². The average molecular weight is 360 g/mol. The Balaban J connectivity index is 2.19. The molecule has 18 heavy (non-hydrogen) atoms. The van der Waals surface area contributed by atoms with Crippen LogP contribution in [-0.4, -0.2) is 41.6 Å². The molecule has 2 rings (SSSR count). The fraction of sp³-hybridized carbons (Fsp3) is 0.462. The maximum atomic E-state index is 12.4. The van der Waals surface area contributed by atoms with Gasteiger partial charge < -0.3 is 15.3 Å². The van der Waals surface area contributed by atoms with Crippen LogP contribution in [0, 0.1) is 3.57 Å². The Hall–Kier alpha value is -0.820. The van der Waals surface area contributed by atoms with Gasteiger partial charge in [0.15, 0.2) is 0 Å². The zero-order valence-electron chi connectivity index (χ0n) is 10.3. The molecule has 0 spiro atoms. The van der Waals surface area contributed by atoms with E-state index >= 15 is 0 Å². The second-order valence-electron chi connectivity index (χ2n) is 4.40. The molecule has 1 saturated heterocycles. The quantitative estimate of drug-likeness (QED) is 0.809. The molecule has 0 aromatic heterocycles. The molecule has 1 fully saturated rings. The van der Waals surface area contributed by atoms with Crippen LogP contribution in [0.3, 0.4) is 0 Å². The predicted octanol–water partition coefficient (Wildman–Crippen LogP) is 1.82. The molecule has 0 saturated carbocycles. The van der Waals surface area contributed by atoms with E-state index in [1.807, 2.05) is 34.4 Å². The number of nitrogens with zero attached hydrogens (tertiary/aromatic N) is 1. The van der Waals surface area contributed by atoms with Crippen LogP contribution >= 0.6 is 22.6 Å². The number of hydrogen-bond donors (Lipinski definition) is 2. The second-order valence-corrected chi connectivity index (χ2v) is 5.57. The van der Waals surface area contributed by atoms with Gasteiger partial charge in [0.05, 0.1) is 3.57 Å². The van der Waals surface area contributed by atoms with Gasteiger partial charge in [0.2, 0.25) is 0 Å². The van der Waals surface area contributed by atoms with Gasteiger partial charge in [-0.3, -0.25) is 4.79 Å². The first kappa shape index (κ1) is 13.6. The van der Waals surface area contributed by atoms with Crippen LogP contribution < -0.4 is 5.32 Å². The topological polar surface area (TPSA) is 52.6 Å². The van der Waals surface area contributed by atoms with E-state index in [0.717, 1.165) is 23.1 Å². The largest absolute Gasteiger partial charge is 0.507 e. The van der Waals surface area contributed by atoms with Crippen molar-refractivity contribution in [2.24, 2.45) is 0 Å². The van der Waals surface area contributed by atoms with Crippen molar-refractivity contribution >= 4 is 28.5 Å². The summed E-state index contributed by atoms with van der Waals surface area (Å²) in [4.78, 5) is 14.3. The fourth-order valence-electron chi connectivity index (χ4n) is 2.28. The van der Waals surface area contributed by atoms with Gasteiger partial charge in [-0.1, -0.05) is 0 Å². The van der Waals surface area contributed by atoms with Crippen molar-refractivity contribution < 1.29 is 9.90 Å². The molecule has 1 amide bonds. The summed E-state index contributed by atoms with van der Waals surface area (Å²) in [6.45, 7) is 4.50. The zero-order valence-corrected chi connectivity index (χ0v) is 12.5. The summed E-state index contributed by atoms with van der Waals surface area (Å²) in [6, 6.07) is 5.36. The molecular weight excluding hydrogens is 343 g/mol. The highest BCUT2D eigenvalue weighted by atomic mass is 127. The summed E-state index contributed by atoms with van der Waals surface area (Å²) < 4.78 is 0.759. The number of amides is 1. The number of likely N-dealkylation sites (N-methyl/N-ethyl adjacent to an activating group) is 1. The highest BCUT2D eigenvalue weighted by Crippen LogP contribution is 2.22. The molecule has 1 aliphatic heterocycles. The minimum Gasteiger partial charge on any atom is -0.507 e. The van der Waals surface area contributed by atoms with Gasteiger partial charge in [-0.15, -0.1) is 0 Å². The summed E-state index contributed by atoms with van der Waals surface area (Å²) in [7, 11) is 0. The number of phenols is 1. The van der Waals surface area contributed by atoms with E-state index in [9.17, 15) is 9.90 Å². The first-order chi connectivity index (χ1) is 8.63. The van der Waals surface area contributed by atoms with E-state index in [4.69, 9.17) is 0 Å². The molecule has 5 heteroatoms. The number of halogens is 1. The first-order valence-electron chi connectivity index (χ1n) is 6.13. The molecule has 1 unspecified atom stereocenters. The van der Waals surface area contributed by atoms with E-state index in [-0.39, 0.29) is 17.7 Å². The molecule has 4 nitrogen and oxygen atoms in total. The Morgan fingerprint density at radius 1 is 1.61 bits per heavy atom. The monoisotopic (exact) mass is 360 g/mol. The number of benzene rings is 1. The lowest BCUT2D eigenvalue weighted by Gasteiger charge is -2.27. The van der Waals surface area contributed by atoms with Gasteiger partial charge in [-0.2, -0.15) is 0 Å². The van der Waals surface area contributed by atoms with Gasteiger partial charge in [0.25, 0.3) is 5.91 Å². The van der Waals surface area contributed by atoms with Crippen LogP contribution in [0.25, 0.3) is 0 Å². The highest BCUT2D eigenvalue weighted by Gasteiger charge is 2.26. The second kappa shape index (κ2) is 5.88. The third-order valence-corrected chi connectivity index (χ3v) is 4.18. The lowest BCUT2D eigenvalue weighted by molar-refractivity contribution is 0.0703. The van der Waals surface area contributed by atoms with Gasteiger partial charge >= 0.3 is 0 Å². The molecule has 2 N–H and O–H groups in total. The summed E-state index contributed by atoms with van der Waals surface area (Å²) in [5.41, 5.74) is 0.557. The maximum absolute atomic E-state index is 12.4. The summed E-state index contributed by atoms with van der Waals surface area (Å²) in [6.07, 6.45) is 0.996. The third-order valence-electron chi connectivity index (χ3n) is 3.27. The Kier molecular flexibility index (Phi) is 4.45. The molecule has 0 bridgehead atoms. The number of rotatable bonds is 3. The van der Waals surface area contributed by atoms with Crippen molar-refractivity contribution in [3.63, 3.8) is 0 Å². The van der Waals surface area contributed by atoms with Crippen molar-refractivity contribution in [2.45, 2.75) is 19.4 Å². The Morgan fingerprint density at radius 3 is 2.94 bits per heavy atom. The average Bonchev–Trinajstić information content (AvgIpc) is 2.87. The molecule has 0 radical (unpaired) electrons. The van der Waals surface area contributed by atoms with Gasteiger partial charge in [0.1, 0.15) is 5.75 Å². The molecular formula is C13H17IN2O2. The van der Waals surface area contributed by atoms with Crippen LogP contribution in [0.15, 0.2) is 18.2 Å². The number of carbonyl (C=O) groups is 1. The van der Waals surface area contributed by atoms with E-state index < -0.39 is 0 Å². The number of carbonyl (C=O) groups excluding carboxylic acids is 1. The van der Waals surface area contributed by atoms with Crippen LogP contribution in [0.2, 0.25) is 0 Å². The van der Waals surface area contributed by atoms with E-state index in [1.165, 1.54) is 0 Å². The van der Waals surface area contributed by atoms with Crippen LogP contribution in [0.4, 0.5) is 0 Å². The summed E-state index contributed by atoms with van der Waals surface area (Å²) in [5, 5.41) is 12.9. The molecule has 1 aromatic rings. The van der Waals surface area contributed by atoms with Crippen molar-refractivity contribution in [2.75, 3.05) is 19.6 Å². The molecule has 1 aromatic carbocycles. The fourth-order valence-corrected chi connectivity index (χ4v) is 2.62. The van der Waals surface area contributed by atoms with Gasteiger partial charge in [-0.25, -0.2) is 0 Å². The van der Waals surface area contributed by atoms with Crippen molar-refractivity contribution in [1.82, 2.24) is 10.2 Å². The zero-order chi connectivity index (χ0) is 13.1. The molecule has 1 atom stereocenters. The van der Waals surface area contributed by atoms with Crippen molar-refractivity contribution in [3.8, 4) is 5.75 Å². The Labute approximate surface area is 121 Å². The van der Waals surface area contributed by atoms with E-state index in [1.54, 1.807) is 18.2 Å². The minimum atomic E-state index is -0.00194. The minimum absolute atomic E-state index is 0.00194. The first-order valence-corrected chi connectivity index (χ1v) is 7.21. The number of aromatic hydroxyl groups is 1. The van der Waals surface area contributed by atoms with Crippen LogP contribution in [0.1, 0.15) is 23.7 Å². The Bertz CT molecular complexity index is 445. The number of hydrogen-bond acceptors (Lipinski definition) is 3. The summed E-state index contributed by atoms with van der Waals surface area (Å²) in [5.74, 6) is 0.167. The molecule has 0 aliphatic carbocycles.